The maximum absolute atomic E-state index is 10.9. The maximum atomic E-state index is 10.9. The molecule has 1 aromatic carbocycles. The number of carbonyl (C=O) groups excluding carboxylic acids is 1. The molecule has 0 aromatic heterocycles. The van der Waals surface area contributed by atoms with Crippen molar-refractivity contribution >= 4 is 6.29 Å². The third kappa shape index (κ3) is 2.04. The summed E-state index contributed by atoms with van der Waals surface area (Å²) >= 11 is 0. The van der Waals surface area contributed by atoms with Crippen LogP contribution in [0.3, 0.4) is 0 Å². The van der Waals surface area contributed by atoms with E-state index in [1.165, 1.54) is 17.5 Å². The van der Waals surface area contributed by atoms with Crippen LogP contribution < -0.4 is 4.74 Å². The first kappa shape index (κ1) is 10.2. The van der Waals surface area contributed by atoms with Crippen LogP contribution in [0.25, 0.3) is 0 Å². The number of aldehydes is 1. The Balaban J connectivity index is 2.39. The number of fused-ring (bicyclic) bond motifs is 1. The molecular weight excluding hydrogens is 188 g/mol. The number of ether oxygens (including phenoxy) is 1. The van der Waals surface area contributed by atoms with E-state index in [4.69, 9.17) is 4.74 Å². The molecule has 15 heavy (non-hydrogen) atoms. The number of rotatable bonds is 3. The number of hydrogen-bond acceptors (Lipinski definition) is 2. The van der Waals surface area contributed by atoms with E-state index in [9.17, 15) is 4.79 Å². The van der Waals surface area contributed by atoms with Crippen LogP contribution in [-0.2, 0) is 12.8 Å². The van der Waals surface area contributed by atoms with E-state index < -0.39 is 0 Å². The van der Waals surface area contributed by atoms with E-state index >= 15 is 0 Å². The van der Waals surface area contributed by atoms with Crippen LogP contribution in [0.1, 0.15) is 41.8 Å². The molecule has 1 aliphatic carbocycles. The third-order valence-corrected chi connectivity index (χ3v) is 2.71. The highest BCUT2D eigenvalue weighted by Crippen LogP contribution is 2.29. The molecule has 0 aliphatic heterocycles. The van der Waals surface area contributed by atoms with Gasteiger partial charge in [-0.15, -0.1) is 0 Å². The van der Waals surface area contributed by atoms with Crippen molar-refractivity contribution in [3.05, 3.63) is 28.8 Å². The van der Waals surface area contributed by atoms with Crippen molar-refractivity contribution in [3.8, 4) is 5.75 Å². The minimum Gasteiger partial charge on any atom is -0.490 e. The summed E-state index contributed by atoms with van der Waals surface area (Å²) in [4.78, 5) is 10.9. The summed E-state index contributed by atoms with van der Waals surface area (Å²) < 4.78 is 5.63. The molecule has 0 N–H and O–H groups in total. The van der Waals surface area contributed by atoms with E-state index in [-0.39, 0.29) is 6.10 Å². The molecule has 1 aromatic rings. The average Bonchev–Trinajstić information content (AvgIpc) is 2.62. The lowest BCUT2D eigenvalue weighted by molar-refractivity contribution is 0.111. The van der Waals surface area contributed by atoms with Crippen LogP contribution in [0, 0.1) is 0 Å². The summed E-state index contributed by atoms with van der Waals surface area (Å²) in [6, 6.07) is 4.01. The maximum Gasteiger partial charge on any atom is 0.153 e. The summed E-state index contributed by atoms with van der Waals surface area (Å²) in [7, 11) is 0. The molecule has 0 heterocycles. The third-order valence-electron chi connectivity index (χ3n) is 2.71. The Morgan fingerprint density at radius 2 is 1.93 bits per heavy atom. The van der Waals surface area contributed by atoms with Gasteiger partial charge in [-0.05, 0) is 56.4 Å². The highest BCUT2D eigenvalue weighted by molar-refractivity contribution is 5.80. The normalized spacial score (nSPS) is 14.1. The number of aryl methyl sites for hydroxylation is 2. The summed E-state index contributed by atoms with van der Waals surface area (Å²) in [6.07, 6.45) is 4.40. The van der Waals surface area contributed by atoms with E-state index in [0.29, 0.717) is 5.56 Å². The van der Waals surface area contributed by atoms with E-state index in [1.807, 2.05) is 26.0 Å². The first-order valence-corrected chi connectivity index (χ1v) is 5.48. The molecule has 0 saturated carbocycles. The minimum absolute atomic E-state index is 0.114. The Bertz CT molecular complexity index is 380. The molecule has 80 valence electrons. The second kappa shape index (κ2) is 4.05. The first-order valence-electron chi connectivity index (χ1n) is 5.48. The average molecular weight is 204 g/mol. The second-order valence-electron chi connectivity index (χ2n) is 4.30. The predicted octanol–water partition coefficient (Wildman–Crippen LogP) is 2.78. The van der Waals surface area contributed by atoms with Gasteiger partial charge in [0.25, 0.3) is 0 Å². The smallest absolute Gasteiger partial charge is 0.153 e. The zero-order valence-corrected chi connectivity index (χ0v) is 9.25. The van der Waals surface area contributed by atoms with Gasteiger partial charge in [-0.3, -0.25) is 4.79 Å². The van der Waals surface area contributed by atoms with Crippen LogP contribution in [0.4, 0.5) is 0 Å². The Morgan fingerprint density at radius 1 is 1.27 bits per heavy atom. The zero-order valence-electron chi connectivity index (χ0n) is 9.25. The van der Waals surface area contributed by atoms with Gasteiger partial charge in [0, 0.05) is 0 Å². The molecule has 2 heteroatoms. The largest absolute Gasteiger partial charge is 0.490 e. The zero-order chi connectivity index (χ0) is 10.8. The lowest BCUT2D eigenvalue weighted by Gasteiger charge is -2.13. The fourth-order valence-corrected chi connectivity index (χ4v) is 2.07. The summed E-state index contributed by atoms with van der Waals surface area (Å²) in [6.45, 7) is 3.95. The molecule has 2 nitrogen and oxygen atoms in total. The highest BCUT2D eigenvalue weighted by atomic mass is 16.5. The fraction of sp³-hybridized carbons (Fsp3) is 0.462. The molecule has 0 saturated heterocycles. The van der Waals surface area contributed by atoms with Crippen LogP contribution in [0.15, 0.2) is 12.1 Å². The van der Waals surface area contributed by atoms with Crippen molar-refractivity contribution in [1.29, 1.82) is 0 Å². The summed E-state index contributed by atoms with van der Waals surface area (Å²) in [5.41, 5.74) is 3.34. The SMILES string of the molecule is CC(C)Oc1cc2c(cc1C=O)CCC2. The lowest BCUT2D eigenvalue weighted by Crippen LogP contribution is -2.08. The van der Waals surface area contributed by atoms with Gasteiger partial charge >= 0.3 is 0 Å². The van der Waals surface area contributed by atoms with Gasteiger partial charge in [0.1, 0.15) is 5.75 Å². The monoisotopic (exact) mass is 204 g/mol. The molecule has 0 fully saturated rings. The Kier molecular flexibility index (Phi) is 2.76. The molecule has 0 radical (unpaired) electrons. The van der Waals surface area contributed by atoms with Crippen molar-refractivity contribution in [3.63, 3.8) is 0 Å². The van der Waals surface area contributed by atoms with Gasteiger partial charge < -0.3 is 4.74 Å². The fourth-order valence-electron chi connectivity index (χ4n) is 2.07. The van der Waals surface area contributed by atoms with Gasteiger partial charge in [-0.25, -0.2) is 0 Å². The summed E-state index contributed by atoms with van der Waals surface area (Å²) in [5.74, 6) is 0.737. The van der Waals surface area contributed by atoms with Gasteiger partial charge in [0.05, 0.1) is 11.7 Å². The van der Waals surface area contributed by atoms with Crippen molar-refractivity contribution in [1.82, 2.24) is 0 Å². The Hall–Kier alpha value is -1.31. The topological polar surface area (TPSA) is 26.3 Å². The quantitative estimate of drug-likeness (QED) is 0.708. The summed E-state index contributed by atoms with van der Waals surface area (Å²) in [5, 5.41) is 0. The molecule has 1 aliphatic rings. The highest BCUT2D eigenvalue weighted by Gasteiger charge is 2.15. The molecule has 2 rings (SSSR count). The van der Waals surface area contributed by atoms with Crippen LogP contribution in [0.2, 0.25) is 0 Å². The predicted molar refractivity (Wildman–Crippen MR) is 59.6 cm³/mol. The molecule has 0 atom stereocenters. The molecule has 0 amide bonds. The Morgan fingerprint density at radius 3 is 2.53 bits per heavy atom. The molecule has 0 spiro atoms. The second-order valence-corrected chi connectivity index (χ2v) is 4.30. The van der Waals surface area contributed by atoms with Crippen LogP contribution in [-0.4, -0.2) is 12.4 Å². The number of benzene rings is 1. The van der Waals surface area contributed by atoms with Crippen molar-refractivity contribution in [2.24, 2.45) is 0 Å². The van der Waals surface area contributed by atoms with Crippen molar-refractivity contribution < 1.29 is 9.53 Å². The molecular formula is C13H16O2. The molecule has 0 bridgehead atoms. The standard InChI is InChI=1S/C13H16O2/c1-9(2)15-13-7-11-5-3-4-10(11)6-12(13)8-14/h6-9H,3-5H2,1-2H3. The van der Waals surface area contributed by atoms with Crippen molar-refractivity contribution in [2.45, 2.75) is 39.2 Å². The van der Waals surface area contributed by atoms with Crippen LogP contribution in [0.5, 0.6) is 5.75 Å². The van der Waals surface area contributed by atoms with E-state index in [0.717, 1.165) is 24.9 Å². The van der Waals surface area contributed by atoms with Gasteiger partial charge in [0.15, 0.2) is 6.29 Å². The Labute approximate surface area is 90.3 Å². The van der Waals surface area contributed by atoms with Crippen LogP contribution >= 0.6 is 0 Å². The van der Waals surface area contributed by atoms with E-state index in [2.05, 4.69) is 0 Å². The van der Waals surface area contributed by atoms with Crippen molar-refractivity contribution in [2.75, 3.05) is 0 Å². The first-order chi connectivity index (χ1) is 7.20. The minimum atomic E-state index is 0.114. The number of hydrogen-bond donors (Lipinski definition) is 0. The van der Waals surface area contributed by atoms with Gasteiger partial charge in [0.2, 0.25) is 0 Å². The van der Waals surface area contributed by atoms with E-state index in [1.54, 1.807) is 0 Å². The molecule has 0 unspecified atom stereocenters. The van der Waals surface area contributed by atoms with Gasteiger partial charge in [-0.1, -0.05) is 0 Å². The lowest BCUT2D eigenvalue weighted by atomic mass is 10.1. The van der Waals surface area contributed by atoms with Gasteiger partial charge in [-0.2, -0.15) is 0 Å². The number of carbonyl (C=O) groups is 1.